The van der Waals surface area contributed by atoms with Gasteiger partial charge in [-0.2, -0.15) is 43.0 Å². The number of nitrogens with one attached hydrogen (secondary N) is 4. The van der Waals surface area contributed by atoms with Gasteiger partial charge >= 0.3 is 190 Å². The molecule has 8 rings (SSSR count). The van der Waals surface area contributed by atoms with Crippen LogP contribution in [0.15, 0.2) is 118 Å². The van der Waals surface area contributed by atoms with Crippen molar-refractivity contribution in [2.75, 3.05) is 68.4 Å². The largest absolute Gasteiger partial charge is 1.00 e. The number of nitrogens with zero attached hydrogens (tertiary/aromatic N) is 10. The Hall–Kier alpha value is -2.66. The van der Waals surface area contributed by atoms with E-state index in [1.807, 2.05) is 0 Å². The van der Waals surface area contributed by atoms with Crippen molar-refractivity contribution in [3.05, 3.63) is 90.5 Å². The van der Waals surface area contributed by atoms with E-state index >= 15 is 4.39 Å². The van der Waals surface area contributed by atoms with Gasteiger partial charge in [0.25, 0.3) is 0 Å². The van der Waals surface area contributed by atoms with Crippen LogP contribution >= 0.6 is 24.4 Å². The average molecular weight is 1550 g/mol. The van der Waals surface area contributed by atoms with Crippen LogP contribution in [0.5, 0.6) is 23.0 Å². The van der Waals surface area contributed by atoms with Crippen molar-refractivity contribution in [1.29, 1.82) is 0 Å². The minimum absolute atomic E-state index is 0. The van der Waals surface area contributed by atoms with Gasteiger partial charge in [-0.05, 0) is 90.5 Å². The molecule has 2 aromatic heterocycles. The molecule has 0 spiro atoms. The number of aromatic hydroxyl groups is 2. The minimum Gasteiger partial charge on any atom is -0.744 e. The first-order valence-electron chi connectivity index (χ1n) is 25.1. The van der Waals surface area contributed by atoms with E-state index in [1.54, 1.807) is 18.2 Å². The van der Waals surface area contributed by atoms with Crippen LogP contribution in [0.25, 0.3) is 21.5 Å². The molecule has 8 aromatic rings. The number of phenolic OH excluding ortho intramolecular Hbond substituents is 2. The summed E-state index contributed by atoms with van der Waals surface area (Å²) in [5.41, 5.74) is -2.18. The molecule has 52 heteroatoms. The smallest absolute Gasteiger partial charge is 0.744 e. The van der Waals surface area contributed by atoms with Crippen LogP contribution < -0.4 is 219 Å². The first-order valence-corrected chi connectivity index (χ1v) is 32.1. The summed E-state index contributed by atoms with van der Waals surface area (Å²) in [5.74, 6) is -4.47. The molecule has 0 aliphatic rings. The number of hydrogen-bond acceptors (Lipinski definition) is 40. The Morgan fingerprint density at radius 1 is 0.545 bits per heavy atom. The second-order valence-electron chi connectivity index (χ2n) is 17.9. The van der Waals surface area contributed by atoms with Crippen molar-refractivity contribution < 1.29 is 296 Å². The molecule has 0 amide bonds. The molecule has 38 nitrogen and oxygen atoms in total. The first-order chi connectivity index (χ1) is 44.1. The average Bonchev–Trinajstić information content (AvgIpc) is 0.756. The zero-order valence-electron chi connectivity index (χ0n) is 52.4. The molecule has 0 aliphatic heterocycles. The van der Waals surface area contributed by atoms with E-state index in [-0.39, 0.29) is 261 Å². The molecule has 0 unspecified atom stereocenters. The van der Waals surface area contributed by atoms with Crippen LogP contribution in [0, 0.1) is 12.2 Å². The van der Waals surface area contributed by atoms with Gasteiger partial charge < -0.3 is 74.4 Å². The topological polar surface area (TPSA) is 564 Å². The summed E-state index contributed by atoms with van der Waals surface area (Å²) >= 11 is 0.546. The summed E-state index contributed by atoms with van der Waals surface area (Å²) in [5, 5.41) is 74.4. The molecule has 99 heavy (non-hydrogen) atoms. The SMILES string of the molecule is COc1cc(S(=O)(=O)[O-])ccc1N=Nc1c(S(=O)(=O)[O-])cc2c(S(=O)(=O)[O-])c(Nc3nc(F)nc(NCCOCCNc4nc(F)nc(Nc5cc(S(=O)(=O)[O-])cc6cc(SOO[O-])c(N=Nc7cc(CCCOSOO[O-])ccc7OC)c(O)c56)n4)n3)ccc2c1O.[Na+].[Na+].[Na+].[Na+].[Na+].[Na+]. The Labute approximate surface area is 700 Å². The molecule has 0 fully saturated rings. The van der Waals surface area contributed by atoms with Crippen molar-refractivity contribution in [3.63, 3.8) is 0 Å². The van der Waals surface area contributed by atoms with Gasteiger partial charge in [0.2, 0.25) is 23.8 Å². The number of anilines is 6. The van der Waals surface area contributed by atoms with Crippen molar-refractivity contribution in [1.82, 2.24) is 29.9 Å². The number of methoxy groups -OCH3 is 2. The second-order valence-corrected chi connectivity index (χ2v) is 24.5. The van der Waals surface area contributed by atoms with Crippen LogP contribution in [-0.4, -0.2) is 139 Å². The maximum Gasteiger partial charge on any atom is 1.00 e. The zero-order chi connectivity index (χ0) is 67.4. The molecule has 6 N–H and O–H groups in total. The molecular formula is C47H38F2N14Na6O24S6. The number of aryl methyl sites for hydroxylation is 1. The van der Waals surface area contributed by atoms with Gasteiger partial charge in [0.1, 0.15) is 74.7 Å². The number of ether oxygens (including phenoxy) is 3. The summed E-state index contributed by atoms with van der Waals surface area (Å²) in [7, 11) is -19.3. The molecular weight excluding hydrogens is 1510 g/mol. The summed E-state index contributed by atoms with van der Waals surface area (Å²) in [6, 6.07) is 12.3. The predicted molar refractivity (Wildman–Crippen MR) is 303 cm³/mol. The van der Waals surface area contributed by atoms with E-state index in [0.717, 1.165) is 55.6 Å². The molecule has 2 heterocycles. The Morgan fingerprint density at radius 2 is 1.12 bits per heavy atom. The number of azo groups is 2. The van der Waals surface area contributed by atoms with Gasteiger partial charge in [-0.15, -0.1) is 24.8 Å². The molecule has 0 bridgehead atoms. The number of hydrogen-bond donors (Lipinski definition) is 6. The normalized spacial score (nSPS) is 11.6. The van der Waals surface area contributed by atoms with E-state index < -0.39 is 141 Å². The molecule has 0 saturated heterocycles. The van der Waals surface area contributed by atoms with Gasteiger partial charge in [0.15, 0.2) is 23.8 Å². The first kappa shape index (κ1) is 92.4. The maximum absolute atomic E-state index is 15.0. The van der Waals surface area contributed by atoms with E-state index in [4.69, 9.17) is 18.4 Å². The number of benzene rings is 6. The zero-order valence-corrected chi connectivity index (χ0v) is 69.3. The molecule has 0 aliphatic carbocycles. The molecule has 6 aromatic carbocycles. The van der Waals surface area contributed by atoms with Gasteiger partial charge in [-0.3, -0.25) is 14.3 Å². The summed E-state index contributed by atoms with van der Waals surface area (Å²) in [6.45, 7) is -0.573. The summed E-state index contributed by atoms with van der Waals surface area (Å²) < 4.78 is 207. The van der Waals surface area contributed by atoms with Gasteiger partial charge in [-0.1, -0.05) is 6.07 Å². The summed E-state index contributed by atoms with van der Waals surface area (Å²) in [4.78, 5) is 17.5. The summed E-state index contributed by atoms with van der Waals surface area (Å²) in [6.07, 6.45) is -2.03. The van der Waals surface area contributed by atoms with Gasteiger partial charge in [-0.25, -0.2) is 33.7 Å². The minimum atomic E-state index is -5.74. The third kappa shape index (κ3) is 25.5. The number of halogens is 2. The molecule has 0 atom stereocenters. The van der Waals surface area contributed by atoms with Gasteiger partial charge in [0.05, 0.1) is 81.9 Å². The molecule has 0 saturated carbocycles. The Bertz CT molecular complexity index is 4700. The quantitative estimate of drug-likeness (QED) is 0.00434. The molecule has 496 valence electrons. The number of phenols is 2. The Kier molecular flexibility index (Phi) is 39.1. The van der Waals surface area contributed by atoms with Crippen LogP contribution in [0.4, 0.5) is 66.7 Å². The fourth-order valence-electron chi connectivity index (χ4n) is 8.22. The predicted octanol–water partition coefficient (Wildman–Crippen LogP) is -13.5. The monoisotopic (exact) mass is 1550 g/mol. The van der Waals surface area contributed by atoms with Gasteiger partial charge in [0, 0.05) is 29.2 Å². The number of fused-ring (bicyclic) bond motifs is 2. The van der Waals surface area contributed by atoms with Crippen LogP contribution in [0.2, 0.25) is 0 Å². The van der Waals surface area contributed by atoms with E-state index in [1.165, 1.54) is 7.11 Å². The standard InChI is InChI=1S/C47H44F2N14O24S6.6Na/c1-80-32-10-5-22(4-3-13-83-89-87-85-67)16-30(32)61-62-37-34(88-86-84-66)18-23-17-25(91(71,72)73)19-31(36(23)40(37)65)53-47-57-43(49)55-45(59-47)51-12-15-82-14-11-50-44-54-42(48)56-46(58-44)52-29-9-7-26-27(41(29)93(77,78)79)21-35(92(74,75)76)38(39(26)64)63-60-28-8-6-24(90(68,69)70)20-33(28)81-2;;;;;;/h5-10,16-21,64-67H,3-4,11-15H2,1-2H3,(H,68,69,70)(H,71,72,73)(H,74,75,76)(H,77,78,79)(H2,50,52,54,56,58)(H2,51,53,55,57,59);;;;;;/q;6*+1/p-6. The fraction of sp³-hybridized carbons (Fsp3) is 0.191. The number of rotatable bonds is 32. The fourth-order valence-corrected chi connectivity index (χ4v) is 11.4. The van der Waals surface area contributed by atoms with Crippen molar-refractivity contribution >= 4 is 144 Å². The number of aromatic nitrogens is 6. The second kappa shape index (κ2) is 41.9. The Morgan fingerprint density at radius 3 is 1.69 bits per heavy atom. The van der Waals surface area contributed by atoms with E-state index in [0.29, 0.717) is 36.8 Å². The van der Waals surface area contributed by atoms with E-state index in [9.17, 15) is 77.0 Å². The maximum atomic E-state index is 15.0. The third-order valence-electron chi connectivity index (χ3n) is 12.0. The van der Waals surface area contributed by atoms with Crippen LogP contribution in [-0.2, 0) is 74.6 Å². The van der Waals surface area contributed by atoms with Crippen molar-refractivity contribution in [3.8, 4) is 23.0 Å². The van der Waals surface area contributed by atoms with Crippen molar-refractivity contribution in [2.24, 2.45) is 20.5 Å². The van der Waals surface area contributed by atoms with Crippen LogP contribution in [0.3, 0.4) is 0 Å². The third-order valence-corrected chi connectivity index (χ3v) is 16.5. The van der Waals surface area contributed by atoms with E-state index in [2.05, 4.69) is 90.4 Å². The molecule has 0 radical (unpaired) electrons. The van der Waals surface area contributed by atoms with Crippen molar-refractivity contribution in [2.45, 2.75) is 37.3 Å². The van der Waals surface area contributed by atoms with Crippen LogP contribution in [0.1, 0.15) is 12.0 Å². The Balaban J connectivity index is 0.00000556.